The number of likely N-dealkylation sites (N-methyl/N-ethyl adjacent to an activating group) is 1. The Bertz CT molecular complexity index is 420. The molecule has 0 saturated carbocycles. The van der Waals surface area contributed by atoms with E-state index in [1.165, 1.54) is 0 Å². The molecule has 4 heteroatoms. The molecule has 18 heavy (non-hydrogen) atoms. The second-order valence-corrected chi connectivity index (χ2v) is 5.52. The fourth-order valence-electron chi connectivity index (χ4n) is 2.81. The minimum Gasteiger partial charge on any atom is -0.396 e. The molecule has 1 aromatic carbocycles. The molecule has 1 fully saturated rings. The van der Waals surface area contributed by atoms with Gasteiger partial charge in [0.1, 0.15) is 0 Å². The Morgan fingerprint density at radius 2 is 2.11 bits per heavy atom. The Labute approximate surface area is 108 Å². The fraction of sp³-hybridized carbons (Fsp3) is 0.571. The molecule has 100 valence electrons. The number of anilines is 1. The van der Waals surface area contributed by atoms with E-state index in [9.17, 15) is 4.39 Å². The van der Waals surface area contributed by atoms with Crippen molar-refractivity contribution < 1.29 is 4.39 Å². The zero-order valence-corrected chi connectivity index (χ0v) is 11.4. The van der Waals surface area contributed by atoms with Crippen LogP contribution in [0.5, 0.6) is 0 Å². The van der Waals surface area contributed by atoms with E-state index in [0.29, 0.717) is 24.1 Å². The smallest absolute Gasteiger partial charge is 0.150 e. The van der Waals surface area contributed by atoms with Gasteiger partial charge in [-0.1, -0.05) is 19.1 Å². The summed E-state index contributed by atoms with van der Waals surface area (Å²) in [5, 5.41) is 0. The van der Waals surface area contributed by atoms with Crippen LogP contribution in [0.2, 0.25) is 0 Å². The van der Waals surface area contributed by atoms with Crippen molar-refractivity contribution in [1.82, 2.24) is 9.80 Å². The summed E-state index contributed by atoms with van der Waals surface area (Å²) in [6, 6.07) is 5.79. The van der Waals surface area contributed by atoms with E-state index in [0.717, 1.165) is 13.1 Å². The number of rotatable bonds is 3. The first-order valence-corrected chi connectivity index (χ1v) is 6.40. The number of benzene rings is 1. The van der Waals surface area contributed by atoms with E-state index in [4.69, 9.17) is 5.73 Å². The van der Waals surface area contributed by atoms with Gasteiger partial charge in [-0.3, -0.25) is 4.90 Å². The lowest BCUT2D eigenvalue weighted by atomic mass is 10.1. The molecule has 2 unspecified atom stereocenters. The number of nitrogens with two attached hydrogens (primary N) is 1. The van der Waals surface area contributed by atoms with E-state index in [2.05, 4.69) is 30.8 Å². The van der Waals surface area contributed by atoms with Crippen LogP contribution in [0, 0.1) is 11.7 Å². The van der Waals surface area contributed by atoms with Gasteiger partial charge in [0, 0.05) is 31.2 Å². The van der Waals surface area contributed by atoms with Crippen LogP contribution in [0.1, 0.15) is 12.5 Å². The van der Waals surface area contributed by atoms with Crippen LogP contribution in [-0.2, 0) is 6.54 Å². The second kappa shape index (κ2) is 5.24. The first-order chi connectivity index (χ1) is 8.49. The first-order valence-electron chi connectivity index (χ1n) is 6.40. The topological polar surface area (TPSA) is 32.5 Å². The summed E-state index contributed by atoms with van der Waals surface area (Å²) in [5.74, 6) is 0.350. The third-order valence-corrected chi connectivity index (χ3v) is 3.81. The standard InChI is InChI=1S/C14H22FN3/c1-10-7-18(9-13(10)17(2)3)8-11-5-4-6-12(16)14(11)15/h4-6,10,13H,7-9,16H2,1-3H3. The van der Waals surface area contributed by atoms with Gasteiger partial charge in [-0.05, 0) is 26.1 Å². The minimum absolute atomic E-state index is 0.240. The largest absolute Gasteiger partial charge is 0.396 e. The van der Waals surface area contributed by atoms with Gasteiger partial charge in [0.25, 0.3) is 0 Å². The molecule has 0 bridgehead atoms. The normalized spacial score (nSPS) is 24.9. The Morgan fingerprint density at radius 3 is 2.72 bits per heavy atom. The van der Waals surface area contributed by atoms with E-state index < -0.39 is 0 Å². The van der Waals surface area contributed by atoms with Crippen molar-refractivity contribution in [3.05, 3.63) is 29.6 Å². The van der Waals surface area contributed by atoms with Crippen molar-refractivity contribution in [2.75, 3.05) is 32.9 Å². The van der Waals surface area contributed by atoms with Crippen molar-refractivity contribution in [1.29, 1.82) is 0 Å². The fourth-order valence-corrected chi connectivity index (χ4v) is 2.81. The summed E-state index contributed by atoms with van der Waals surface area (Å²) < 4.78 is 13.8. The highest BCUT2D eigenvalue weighted by Gasteiger charge is 2.31. The van der Waals surface area contributed by atoms with Crippen LogP contribution < -0.4 is 5.73 Å². The molecule has 0 radical (unpaired) electrons. The number of likely N-dealkylation sites (tertiary alicyclic amines) is 1. The number of hydrogen-bond donors (Lipinski definition) is 1. The zero-order chi connectivity index (χ0) is 13.3. The lowest BCUT2D eigenvalue weighted by Crippen LogP contribution is -2.34. The quantitative estimate of drug-likeness (QED) is 0.831. The van der Waals surface area contributed by atoms with Crippen molar-refractivity contribution in [2.24, 2.45) is 5.92 Å². The predicted octanol–water partition coefficient (Wildman–Crippen LogP) is 1.79. The molecular weight excluding hydrogens is 229 g/mol. The van der Waals surface area contributed by atoms with Crippen LogP contribution in [0.25, 0.3) is 0 Å². The lowest BCUT2D eigenvalue weighted by Gasteiger charge is -2.22. The Balaban J connectivity index is 2.05. The van der Waals surface area contributed by atoms with Crippen LogP contribution >= 0.6 is 0 Å². The lowest BCUT2D eigenvalue weighted by molar-refractivity contribution is 0.249. The molecule has 1 aliphatic heterocycles. The molecule has 3 nitrogen and oxygen atoms in total. The summed E-state index contributed by atoms with van der Waals surface area (Å²) in [5.41, 5.74) is 6.53. The maximum atomic E-state index is 13.8. The third-order valence-electron chi connectivity index (χ3n) is 3.81. The monoisotopic (exact) mass is 251 g/mol. The SMILES string of the molecule is CC1CN(Cc2cccc(N)c2F)CC1N(C)C. The van der Waals surface area contributed by atoms with E-state index in [1.807, 2.05) is 12.1 Å². The first kappa shape index (κ1) is 13.3. The number of halogens is 1. The van der Waals surface area contributed by atoms with Gasteiger partial charge in [0.2, 0.25) is 0 Å². The molecule has 1 aliphatic rings. The van der Waals surface area contributed by atoms with Crippen LogP contribution in [0.15, 0.2) is 18.2 Å². The van der Waals surface area contributed by atoms with Crippen LogP contribution in [0.3, 0.4) is 0 Å². The van der Waals surface area contributed by atoms with Crippen molar-refractivity contribution in [2.45, 2.75) is 19.5 Å². The summed E-state index contributed by atoms with van der Waals surface area (Å²) in [4.78, 5) is 4.55. The van der Waals surface area contributed by atoms with Crippen LogP contribution in [-0.4, -0.2) is 43.0 Å². The molecular formula is C14H22FN3. The van der Waals surface area contributed by atoms with Gasteiger partial charge in [-0.2, -0.15) is 0 Å². The maximum absolute atomic E-state index is 13.8. The molecule has 1 saturated heterocycles. The summed E-state index contributed by atoms with van der Waals surface area (Å²) >= 11 is 0. The maximum Gasteiger partial charge on any atom is 0.150 e. The molecule has 1 aromatic rings. The zero-order valence-electron chi connectivity index (χ0n) is 11.4. The van der Waals surface area contributed by atoms with Crippen LogP contribution in [0.4, 0.5) is 10.1 Å². The Kier molecular flexibility index (Phi) is 3.88. The van der Waals surface area contributed by atoms with Gasteiger partial charge < -0.3 is 10.6 Å². The average molecular weight is 251 g/mol. The number of hydrogen-bond acceptors (Lipinski definition) is 3. The molecule has 2 atom stereocenters. The van der Waals surface area contributed by atoms with Crippen molar-refractivity contribution >= 4 is 5.69 Å². The molecule has 0 aromatic heterocycles. The second-order valence-electron chi connectivity index (χ2n) is 5.52. The summed E-state index contributed by atoms with van der Waals surface area (Å²) in [7, 11) is 4.21. The van der Waals surface area contributed by atoms with Gasteiger partial charge in [-0.25, -0.2) is 4.39 Å². The van der Waals surface area contributed by atoms with Gasteiger partial charge in [0.05, 0.1) is 5.69 Å². The summed E-state index contributed by atoms with van der Waals surface area (Å²) in [6.45, 7) is 4.89. The predicted molar refractivity (Wildman–Crippen MR) is 72.7 cm³/mol. The molecule has 2 rings (SSSR count). The summed E-state index contributed by atoms with van der Waals surface area (Å²) in [6.07, 6.45) is 0. The number of nitrogens with zero attached hydrogens (tertiary/aromatic N) is 2. The van der Waals surface area contributed by atoms with E-state index >= 15 is 0 Å². The van der Waals surface area contributed by atoms with Gasteiger partial charge in [-0.15, -0.1) is 0 Å². The molecule has 0 spiro atoms. The average Bonchev–Trinajstić information content (AvgIpc) is 2.66. The van der Waals surface area contributed by atoms with E-state index in [-0.39, 0.29) is 11.5 Å². The highest BCUT2D eigenvalue weighted by atomic mass is 19.1. The third kappa shape index (κ3) is 2.65. The highest BCUT2D eigenvalue weighted by molar-refractivity contribution is 5.42. The van der Waals surface area contributed by atoms with E-state index in [1.54, 1.807) is 6.07 Å². The number of nitrogen functional groups attached to an aromatic ring is 1. The Morgan fingerprint density at radius 1 is 1.39 bits per heavy atom. The molecule has 0 aliphatic carbocycles. The van der Waals surface area contributed by atoms with Crippen molar-refractivity contribution in [3.63, 3.8) is 0 Å². The Hall–Kier alpha value is -1.13. The van der Waals surface area contributed by atoms with Gasteiger partial charge in [0.15, 0.2) is 5.82 Å². The van der Waals surface area contributed by atoms with Gasteiger partial charge >= 0.3 is 0 Å². The molecule has 1 heterocycles. The minimum atomic E-state index is -0.265. The molecule has 2 N–H and O–H groups in total. The highest BCUT2D eigenvalue weighted by Crippen LogP contribution is 2.23. The van der Waals surface area contributed by atoms with Crippen molar-refractivity contribution in [3.8, 4) is 0 Å². The molecule has 0 amide bonds.